The van der Waals surface area contributed by atoms with Crippen LogP contribution >= 0.6 is 11.8 Å². The molecule has 3 aromatic rings. The van der Waals surface area contributed by atoms with Crippen LogP contribution in [0, 0.1) is 11.6 Å². The summed E-state index contributed by atoms with van der Waals surface area (Å²) in [5.74, 6) is -1.88. The molecule has 1 atom stereocenters. The third kappa shape index (κ3) is 3.50. The minimum absolute atomic E-state index is 0.0477. The number of para-hydroxylation sites is 2. The maximum absolute atomic E-state index is 13.6. The van der Waals surface area contributed by atoms with Gasteiger partial charge in [-0.1, -0.05) is 23.9 Å². The van der Waals surface area contributed by atoms with Crippen molar-refractivity contribution in [3.63, 3.8) is 0 Å². The zero-order valence-corrected chi connectivity index (χ0v) is 13.0. The number of amides is 1. The number of aromatic amines is 1. The van der Waals surface area contributed by atoms with Gasteiger partial charge in [-0.05, 0) is 31.2 Å². The minimum Gasteiger partial charge on any atom is -0.333 e. The van der Waals surface area contributed by atoms with Crippen LogP contribution in [0.4, 0.5) is 14.5 Å². The third-order valence-electron chi connectivity index (χ3n) is 3.21. The summed E-state index contributed by atoms with van der Waals surface area (Å²) >= 11 is 1.23. The number of aromatic nitrogens is 2. The number of fused-ring (bicyclic) bond motifs is 1. The molecule has 7 heteroatoms. The lowest BCUT2D eigenvalue weighted by molar-refractivity contribution is -0.115. The summed E-state index contributed by atoms with van der Waals surface area (Å²) in [5.41, 5.74) is 1.65. The predicted molar refractivity (Wildman–Crippen MR) is 86.4 cm³/mol. The fraction of sp³-hybridized carbons (Fsp3) is 0.125. The summed E-state index contributed by atoms with van der Waals surface area (Å²) in [4.78, 5) is 19.6. The van der Waals surface area contributed by atoms with Gasteiger partial charge in [-0.2, -0.15) is 0 Å². The molecule has 1 amide bonds. The molecule has 3 rings (SSSR count). The van der Waals surface area contributed by atoms with Crippen LogP contribution in [-0.2, 0) is 4.79 Å². The Kier molecular flexibility index (Phi) is 4.29. The Morgan fingerprint density at radius 3 is 2.78 bits per heavy atom. The molecule has 23 heavy (non-hydrogen) atoms. The van der Waals surface area contributed by atoms with Crippen LogP contribution in [0.15, 0.2) is 47.6 Å². The molecule has 2 aromatic carbocycles. The van der Waals surface area contributed by atoms with Crippen molar-refractivity contribution in [2.45, 2.75) is 17.3 Å². The molecule has 0 unspecified atom stereocenters. The van der Waals surface area contributed by atoms with Gasteiger partial charge in [-0.15, -0.1) is 0 Å². The molecular weight excluding hydrogens is 320 g/mol. The van der Waals surface area contributed by atoms with Crippen molar-refractivity contribution in [1.29, 1.82) is 0 Å². The Labute approximate surface area is 135 Å². The number of H-pyrrole nitrogens is 1. The topological polar surface area (TPSA) is 57.8 Å². The number of nitrogens with zero attached hydrogens (tertiary/aromatic N) is 1. The number of hydrogen-bond donors (Lipinski definition) is 2. The van der Waals surface area contributed by atoms with E-state index < -0.39 is 16.9 Å². The number of hydrogen-bond acceptors (Lipinski definition) is 3. The van der Waals surface area contributed by atoms with Gasteiger partial charge in [0.05, 0.1) is 22.0 Å². The van der Waals surface area contributed by atoms with Crippen molar-refractivity contribution in [1.82, 2.24) is 9.97 Å². The number of anilines is 1. The van der Waals surface area contributed by atoms with E-state index in [1.807, 2.05) is 24.3 Å². The monoisotopic (exact) mass is 333 g/mol. The van der Waals surface area contributed by atoms with Crippen LogP contribution in [0.3, 0.4) is 0 Å². The highest BCUT2D eigenvalue weighted by atomic mass is 32.2. The molecule has 4 nitrogen and oxygen atoms in total. The third-order valence-corrected chi connectivity index (χ3v) is 4.20. The van der Waals surface area contributed by atoms with Gasteiger partial charge in [-0.25, -0.2) is 13.8 Å². The van der Waals surface area contributed by atoms with E-state index in [4.69, 9.17) is 0 Å². The number of imidazole rings is 1. The highest BCUT2D eigenvalue weighted by Gasteiger charge is 2.18. The van der Waals surface area contributed by atoms with E-state index in [1.165, 1.54) is 17.8 Å². The summed E-state index contributed by atoms with van der Waals surface area (Å²) in [6, 6.07) is 10.6. The molecule has 0 fully saturated rings. The maximum atomic E-state index is 13.6. The maximum Gasteiger partial charge on any atom is 0.237 e. The average molecular weight is 333 g/mol. The fourth-order valence-corrected chi connectivity index (χ4v) is 2.85. The van der Waals surface area contributed by atoms with Crippen molar-refractivity contribution in [3.05, 3.63) is 54.1 Å². The molecule has 0 saturated heterocycles. The van der Waals surface area contributed by atoms with Crippen molar-refractivity contribution in [2.75, 3.05) is 5.32 Å². The first-order chi connectivity index (χ1) is 11.0. The molecule has 1 heterocycles. The summed E-state index contributed by atoms with van der Waals surface area (Å²) in [5, 5.41) is 2.55. The second-order valence-electron chi connectivity index (χ2n) is 4.93. The summed E-state index contributed by atoms with van der Waals surface area (Å²) in [6.07, 6.45) is 0. The Balaban J connectivity index is 1.69. The van der Waals surface area contributed by atoms with E-state index in [-0.39, 0.29) is 11.6 Å². The Hall–Kier alpha value is -2.41. The normalized spacial score (nSPS) is 12.3. The van der Waals surface area contributed by atoms with Crippen molar-refractivity contribution >= 4 is 34.4 Å². The molecule has 0 aliphatic carbocycles. The number of carbonyl (C=O) groups excluding carboxylic acids is 1. The Bertz CT molecular complexity index is 832. The average Bonchev–Trinajstić information content (AvgIpc) is 2.92. The number of nitrogens with one attached hydrogen (secondary N) is 2. The van der Waals surface area contributed by atoms with Gasteiger partial charge in [0.25, 0.3) is 0 Å². The second-order valence-corrected chi connectivity index (χ2v) is 6.26. The molecule has 0 spiro atoms. The Morgan fingerprint density at radius 2 is 2.04 bits per heavy atom. The quantitative estimate of drug-likeness (QED) is 0.711. The predicted octanol–water partition coefficient (Wildman–Crippen LogP) is 3.96. The number of halogens is 2. The molecule has 2 N–H and O–H groups in total. The minimum atomic E-state index is -0.806. The molecule has 0 aliphatic heterocycles. The van der Waals surface area contributed by atoms with E-state index in [9.17, 15) is 13.6 Å². The first-order valence-electron chi connectivity index (χ1n) is 6.90. The summed E-state index contributed by atoms with van der Waals surface area (Å²) < 4.78 is 26.4. The Morgan fingerprint density at radius 1 is 1.26 bits per heavy atom. The lowest BCUT2D eigenvalue weighted by Gasteiger charge is -2.11. The van der Waals surface area contributed by atoms with E-state index in [2.05, 4.69) is 15.3 Å². The number of benzene rings is 2. The molecular formula is C16H13F2N3OS. The zero-order chi connectivity index (χ0) is 16.4. The van der Waals surface area contributed by atoms with E-state index in [0.717, 1.165) is 23.2 Å². The van der Waals surface area contributed by atoms with Gasteiger partial charge in [0.15, 0.2) is 5.16 Å². The van der Waals surface area contributed by atoms with Crippen LogP contribution in [0.1, 0.15) is 6.92 Å². The zero-order valence-electron chi connectivity index (χ0n) is 12.1. The second kappa shape index (κ2) is 6.37. The lowest BCUT2D eigenvalue weighted by Crippen LogP contribution is -2.23. The molecule has 118 valence electrons. The molecule has 1 aromatic heterocycles. The van der Waals surface area contributed by atoms with Crippen LogP contribution in [0.25, 0.3) is 11.0 Å². The summed E-state index contributed by atoms with van der Waals surface area (Å²) in [7, 11) is 0. The van der Waals surface area contributed by atoms with Gasteiger partial charge in [0.2, 0.25) is 5.91 Å². The van der Waals surface area contributed by atoms with Crippen LogP contribution < -0.4 is 5.32 Å². The van der Waals surface area contributed by atoms with Gasteiger partial charge in [-0.3, -0.25) is 4.79 Å². The fourth-order valence-electron chi connectivity index (χ4n) is 2.03. The van der Waals surface area contributed by atoms with Crippen molar-refractivity contribution < 1.29 is 13.6 Å². The van der Waals surface area contributed by atoms with Gasteiger partial charge >= 0.3 is 0 Å². The first-order valence-corrected chi connectivity index (χ1v) is 7.78. The molecule has 0 saturated carbocycles. The van der Waals surface area contributed by atoms with Gasteiger partial charge in [0, 0.05) is 6.07 Å². The van der Waals surface area contributed by atoms with E-state index in [1.54, 1.807) is 6.92 Å². The van der Waals surface area contributed by atoms with Crippen LogP contribution in [-0.4, -0.2) is 21.1 Å². The van der Waals surface area contributed by atoms with Crippen LogP contribution in [0.5, 0.6) is 0 Å². The molecule has 0 radical (unpaired) electrons. The standard InChI is InChI=1S/C16H13F2N3OS/c1-9(15(22)19-12-7-6-10(17)8-11(12)18)23-16-20-13-4-2-3-5-14(13)21-16/h2-9H,1H3,(H,19,22)(H,20,21)/t9-/m1/s1. The van der Waals surface area contributed by atoms with Crippen molar-refractivity contribution in [3.8, 4) is 0 Å². The summed E-state index contributed by atoms with van der Waals surface area (Å²) in [6.45, 7) is 1.69. The highest BCUT2D eigenvalue weighted by Crippen LogP contribution is 2.24. The number of carbonyl (C=O) groups is 1. The lowest BCUT2D eigenvalue weighted by atomic mass is 10.3. The van der Waals surface area contributed by atoms with Crippen LogP contribution in [0.2, 0.25) is 0 Å². The largest absolute Gasteiger partial charge is 0.333 e. The van der Waals surface area contributed by atoms with Gasteiger partial charge in [0.1, 0.15) is 11.6 Å². The number of thioether (sulfide) groups is 1. The SMILES string of the molecule is C[C@@H](Sc1nc2ccccc2[nH]1)C(=O)Nc1ccc(F)cc1F. The number of rotatable bonds is 4. The highest BCUT2D eigenvalue weighted by molar-refractivity contribution is 8.00. The van der Waals surface area contributed by atoms with E-state index in [0.29, 0.717) is 5.16 Å². The smallest absolute Gasteiger partial charge is 0.237 e. The van der Waals surface area contributed by atoms with Gasteiger partial charge < -0.3 is 10.3 Å². The molecule has 0 aliphatic rings. The first kappa shape index (κ1) is 15.5. The van der Waals surface area contributed by atoms with E-state index >= 15 is 0 Å². The molecule has 0 bridgehead atoms. The van der Waals surface area contributed by atoms with Crippen molar-refractivity contribution in [2.24, 2.45) is 0 Å².